The van der Waals surface area contributed by atoms with Gasteiger partial charge in [0.2, 0.25) is 0 Å². The van der Waals surface area contributed by atoms with E-state index in [0.717, 1.165) is 12.5 Å². The molecule has 0 radical (unpaired) electrons. The topological polar surface area (TPSA) is 12.0 Å². The van der Waals surface area contributed by atoms with Crippen molar-refractivity contribution in [2.75, 3.05) is 13.1 Å². The number of rotatable bonds is 1. The highest BCUT2D eigenvalue weighted by Crippen LogP contribution is 2.30. The van der Waals surface area contributed by atoms with E-state index in [2.05, 4.69) is 25.2 Å². The molecular formula is C12H19N. The van der Waals surface area contributed by atoms with Crippen molar-refractivity contribution >= 4 is 0 Å². The van der Waals surface area contributed by atoms with E-state index in [4.69, 9.17) is 0 Å². The largest absolute Gasteiger partial charge is 0.312 e. The minimum absolute atomic E-state index is 0.732. The SMILES string of the molecule is CC(C)C1=CC2=C(CCNC2)CC1. The van der Waals surface area contributed by atoms with Crippen molar-refractivity contribution in [1.29, 1.82) is 0 Å². The highest BCUT2D eigenvalue weighted by Gasteiger charge is 2.17. The van der Waals surface area contributed by atoms with Gasteiger partial charge in [-0.15, -0.1) is 0 Å². The summed E-state index contributed by atoms with van der Waals surface area (Å²) < 4.78 is 0. The van der Waals surface area contributed by atoms with Gasteiger partial charge in [-0.25, -0.2) is 0 Å². The number of nitrogens with one attached hydrogen (secondary N) is 1. The molecule has 0 aromatic carbocycles. The first-order chi connectivity index (χ1) is 6.27. The van der Waals surface area contributed by atoms with Gasteiger partial charge >= 0.3 is 0 Å². The first kappa shape index (κ1) is 9.01. The van der Waals surface area contributed by atoms with E-state index in [1.807, 2.05) is 0 Å². The predicted molar refractivity (Wildman–Crippen MR) is 56.7 cm³/mol. The average molecular weight is 177 g/mol. The molecule has 0 unspecified atom stereocenters. The lowest BCUT2D eigenvalue weighted by Crippen LogP contribution is -2.26. The van der Waals surface area contributed by atoms with Gasteiger partial charge < -0.3 is 5.32 Å². The Hall–Kier alpha value is -0.560. The van der Waals surface area contributed by atoms with Crippen molar-refractivity contribution in [3.8, 4) is 0 Å². The van der Waals surface area contributed by atoms with Gasteiger partial charge in [0.25, 0.3) is 0 Å². The molecule has 0 atom stereocenters. The molecule has 1 N–H and O–H groups in total. The fourth-order valence-corrected chi connectivity index (χ4v) is 2.23. The zero-order valence-electron chi connectivity index (χ0n) is 8.69. The highest BCUT2D eigenvalue weighted by molar-refractivity contribution is 5.36. The Labute approximate surface area is 80.9 Å². The predicted octanol–water partition coefficient (Wildman–Crippen LogP) is 2.65. The zero-order valence-corrected chi connectivity index (χ0v) is 8.69. The smallest absolute Gasteiger partial charge is 0.0205 e. The molecule has 72 valence electrons. The van der Waals surface area contributed by atoms with Crippen LogP contribution >= 0.6 is 0 Å². The number of hydrogen-bond donors (Lipinski definition) is 1. The van der Waals surface area contributed by atoms with Crippen molar-refractivity contribution < 1.29 is 0 Å². The Kier molecular flexibility index (Phi) is 2.54. The minimum atomic E-state index is 0.732. The lowest BCUT2D eigenvalue weighted by Gasteiger charge is -2.26. The van der Waals surface area contributed by atoms with Crippen LogP contribution in [0.2, 0.25) is 0 Å². The second kappa shape index (κ2) is 3.67. The van der Waals surface area contributed by atoms with E-state index in [0.29, 0.717) is 0 Å². The molecule has 0 saturated heterocycles. The molecule has 0 fully saturated rings. The monoisotopic (exact) mass is 177 g/mol. The van der Waals surface area contributed by atoms with Gasteiger partial charge in [0.1, 0.15) is 0 Å². The van der Waals surface area contributed by atoms with Gasteiger partial charge in [-0.05, 0) is 37.3 Å². The van der Waals surface area contributed by atoms with E-state index < -0.39 is 0 Å². The Morgan fingerprint density at radius 2 is 2.08 bits per heavy atom. The van der Waals surface area contributed by atoms with Crippen molar-refractivity contribution in [3.63, 3.8) is 0 Å². The van der Waals surface area contributed by atoms with Crippen LogP contribution in [0.15, 0.2) is 22.8 Å². The maximum atomic E-state index is 3.44. The molecule has 0 aromatic rings. The first-order valence-corrected chi connectivity index (χ1v) is 5.39. The third-order valence-electron chi connectivity index (χ3n) is 3.19. The molecule has 0 amide bonds. The molecule has 0 saturated carbocycles. The Bertz CT molecular complexity index is 258. The summed E-state index contributed by atoms with van der Waals surface area (Å²) in [7, 11) is 0. The molecule has 0 aromatic heterocycles. The Balaban J connectivity index is 2.20. The maximum Gasteiger partial charge on any atom is 0.0205 e. The summed E-state index contributed by atoms with van der Waals surface area (Å²) in [6, 6.07) is 0. The van der Waals surface area contributed by atoms with Gasteiger partial charge in [0, 0.05) is 6.54 Å². The minimum Gasteiger partial charge on any atom is -0.312 e. The molecule has 1 aliphatic carbocycles. The summed E-state index contributed by atoms with van der Waals surface area (Å²) in [6.07, 6.45) is 6.34. The summed E-state index contributed by atoms with van der Waals surface area (Å²) in [5.74, 6) is 0.732. The van der Waals surface area contributed by atoms with Crippen LogP contribution in [0.1, 0.15) is 33.1 Å². The zero-order chi connectivity index (χ0) is 9.26. The number of hydrogen-bond acceptors (Lipinski definition) is 1. The molecule has 0 spiro atoms. The van der Waals surface area contributed by atoms with Gasteiger partial charge in [-0.1, -0.05) is 31.1 Å². The van der Waals surface area contributed by atoms with Gasteiger partial charge in [0.05, 0.1) is 0 Å². The van der Waals surface area contributed by atoms with Crippen molar-refractivity contribution in [2.24, 2.45) is 5.92 Å². The lowest BCUT2D eigenvalue weighted by molar-refractivity contribution is 0.623. The molecule has 2 aliphatic rings. The van der Waals surface area contributed by atoms with Crippen LogP contribution in [0.5, 0.6) is 0 Å². The third kappa shape index (κ3) is 1.86. The fourth-order valence-electron chi connectivity index (χ4n) is 2.23. The Morgan fingerprint density at radius 1 is 1.23 bits per heavy atom. The molecular weight excluding hydrogens is 158 g/mol. The van der Waals surface area contributed by atoms with E-state index >= 15 is 0 Å². The van der Waals surface area contributed by atoms with Crippen molar-refractivity contribution in [2.45, 2.75) is 33.1 Å². The van der Waals surface area contributed by atoms with E-state index in [9.17, 15) is 0 Å². The summed E-state index contributed by atoms with van der Waals surface area (Å²) in [6.45, 7) is 6.89. The summed E-state index contributed by atoms with van der Waals surface area (Å²) in [5, 5.41) is 3.44. The van der Waals surface area contributed by atoms with E-state index in [1.165, 1.54) is 25.8 Å². The molecule has 2 rings (SSSR count). The molecule has 13 heavy (non-hydrogen) atoms. The third-order valence-corrected chi connectivity index (χ3v) is 3.19. The van der Waals surface area contributed by atoms with Gasteiger partial charge in [-0.2, -0.15) is 0 Å². The van der Waals surface area contributed by atoms with Crippen molar-refractivity contribution in [3.05, 3.63) is 22.8 Å². The van der Waals surface area contributed by atoms with Crippen LogP contribution in [0.25, 0.3) is 0 Å². The van der Waals surface area contributed by atoms with Crippen LogP contribution in [0.3, 0.4) is 0 Å². The molecule has 1 aliphatic heterocycles. The van der Waals surface area contributed by atoms with Crippen LogP contribution in [-0.4, -0.2) is 13.1 Å². The summed E-state index contributed by atoms with van der Waals surface area (Å²) in [4.78, 5) is 0. The lowest BCUT2D eigenvalue weighted by atomic mass is 9.84. The fraction of sp³-hybridized carbons (Fsp3) is 0.667. The molecule has 1 heteroatoms. The van der Waals surface area contributed by atoms with E-state index in [1.54, 1.807) is 16.7 Å². The van der Waals surface area contributed by atoms with Crippen LogP contribution in [0, 0.1) is 5.92 Å². The highest BCUT2D eigenvalue weighted by atomic mass is 14.9. The van der Waals surface area contributed by atoms with Crippen LogP contribution < -0.4 is 5.32 Å². The van der Waals surface area contributed by atoms with E-state index in [-0.39, 0.29) is 0 Å². The van der Waals surface area contributed by atoms with Crippen molar-refractivity contribution in [1.82, 2.24) is 5.32 Å². The summed E-state index contributed by atoms with van der Waals surface area (Å²) in [5.41, 5.74) is 4.94. The van der Waals surface area contributed by atoms with Gasteiger partial charge in [-0.3, -0.25) is 0 Å². The normalized spacial score (nSPS) is 23.2. The molecule has 1 heterocycles. The Morgan fingerprint density at radius 3 is 2.85 bits per heavy atom. The maximum absolute atomic E-state index is 3.44. The molecule has 1 nitrogen and oxygen atoms in total. The quantitative estimate of drug-likeness (QED) is 0.649. The summed E-state index contributed by atoms with van der Waals surface area (Å²) >= 11 is 0. The van der Waals surface area contributed by atoms with Crippen LogP contribution in [-0.2, 0) is 0 Å². The molecule has 0 bridgehead atoms. The average Bonchev–Trinajstić information content (AvgIpc) is 2.17. The van der Waals surface area contributed by atoms with Gasteiger partial charge in [0.15, 0.2) is 0 Å². The standard InChI is InChI=1S/C12H19N/c1-9(2)11-4-3-10-5-6-13-8-12(10)7-11/h7,9,13H,3-6,8H2,1-2H3. The number of allylic oxidation sites excluding steroid dienone is 1. The van der Waals surface area contributed by atoms with Crippen LogP contribution in [0.4, 0.5) is 0 Å². The second-order valence-corrected chi connectivity index (χ2v) is 4.43. The first-order valence-electron chi connectivity index (χ1n) is 5.39. The second-order valence-electron chi connectivity index (χ2n) is 4.43.